The third-order valence-corrected chi connectivity index (χ3v) is 3.63. The van der Waals surface area contributed by atoms with E-state index in [1.54, 1.807) is 0 Å². The van der Waals surface area contributed by atoms with Crippen LogP contribution in [0.1, 0.15) is 10.6 Å². The molecule has 1 aromatic rings. The Labute approximate surface area is 103 Å². The molecule has 1 aliphatic heterocycles. The Morgan fingerprint density at radius 1 is 1.53 bits per heavy atom. The number of aryl methyl sites for hydroxylation is 1. The van der Waals surface area contributed by atoms with Crippen LogP contribution in [-0.4, -0.2) is 36.2 Å². The lowest BCUT2D eigenvalue weighted by molar-refractivity contribution is -0.400. The lowest BCUT2D eigenvalue weighted by Crippen LogP contribution is -2.36. The Morgan fingerprint density at radius 3 is 2.88 bits per heavy atom. The quantitative estimate of drug-likeness (QED) is 0.605. The number of hydrogen-bond acceptors (Lipinski definition) is 6. The molecule has 0 bridgehead atoms. The van der Waals surface area contributed by atoms with Gasteiger partial charge in [0.25, 0.3) is 0 Å². The molecule has 1 aromatic heterocycles. The lowest BCUT2D eigenvalue weighted by atomic mass is 10.4. The van der Waals surface area contributed by atoms with Gasteiger partial charge in [0.1, 0.15) is 0 Å². The van der Waals surface area contributed by atoms with Crippen LogP contribution in [0.3, 0.4) is 0 Å². The van der Waals surface area contributed by atoms with Gasteiger partial charge in [-0.05, 0) is 6.92 Å². The molecule has 0 atom stereocenters. The van der Waals surface area contributed by atoms with Crippen molar-refractivity contribution in [2.24, 2.45) is 0 Å². The fraction of sp³-hybridized carbons (Fsp3) is 0.500. The normalized spacial score (nSPS) is 16.6. The van der Waals surface area contributed by atoms with Crippen molar-refractivity contribution < 1.29 is 9.66 Å². The molecule has 0 N–H and O–H groups in total. The summed E-state index contributed by atoms with van der Waals surface area (Å²) in [6.07, 6.45) is 2.44. The van der Waals surface area contributed by atoms with E-state index in [9.17, 15) is 10.1 Å². The molecule has 1 aliphatic rings. The van der Waals surface area contributed by atoms with Gasteiger partial charge in [0.15, 0.2) is 5.13 Å². The number of ether oxygens (including phenoxy) is 1. The summed E-state index contributed by atoms with van der Waals surface area (Å²) in [5.74, 6) is 0. The van der Waals surface area contributed by atoms with Gasteiger partial charge in [0, 0.05) is 19.2 Å². The summed E-state index contributed by atoms with van der Waals surface area (Å²) in [5, 5.41) is 11.2. The highest BCUT2D eigenvalue weighted by molar-refractivity contribution is 7.16. The van der Waals surface area contributed by atoms with Gasteiger partial charge < -0.3 is 9.64 Å². The van der Waals surface area contributed by atoms with Crippen molar-refractivity contribution in [1.29, 1.82) is 0 Å². The smallest absolute Gasteiger partial charge is 0.235 e. The molecule has 0 spiro atoms. The van der Waals surface area contributed by atoms with E-state index in [2.05, 4.69) is 9.88 Å². The number of nitro groups is 1. The Morgan fingerprint density at radius 2 is 2.24 bits per heavy atom. The fourth-order valence-electron chi connectivity index (χ4n) is 1.57. The van der Waals surface area contributed by atoms with Gasteiger partial charge in [0.05, 0.1) is 28.7 Å². The zero-order valence-electron chi connectivity index (χ0n) is 9.46. The van der Waals surface area contributed by atoms with Gasteiger partial charge >= 0.3 is 0 Å². The first-order valence-electron chi connectivity index (χ1n) is 5.28. The number of thiazole rings is 1. The molecule has 0 unspecified atom stereocenters. The Balaban J connectivity index is 2.14. The second kappa shape index (κ2) is 5.24. The second-order valence-electron chi connectivity index (χ2n) is 3.65. The highest BCUT2D eigenvalue weighted by atomic mass is 32.1. The van der Waals surface area contributed by atoms with E-state index in [1.807, 2.05) is 6.92 Å². The molecule has 0 radical (unpaired) electrons. The molecular formula is C10H13N3O3S. The first kappa shape index (κ1) is 12.0. The molecule has 1 saturated heterocycles. The SMILES string of the molecule is Cc1nc(N2CCOCC2)sc1C=C[N+](=O)[O-]. The Hall–Kier alpha value is -1.47. The van der Waals surface area contributed by atoms with Crippen LogP contribution >= 0.6 is 11.3 Å². The minimum Gasteiger partial charge on any atom is -0.378 e. The molecule has 0 amide bonds. The summed E-state index contributed by atoms with van der Waals surface area (Å²) in [4.78, 5) is 17.2. The van der Waals surface area contributed by atoms with E-state index in [-0.39, 0.29) is 0 Å². The number of rotatable bonds is 3. The summed E-state index contributed by atoms with van der Waals surface area (Å²) >= 11 is 1.48. The predicted octanol–water partition coefficient (Wildman–Crippen LogP) is 1.54. The van der Waals surface area contributed by atoms with Gasteiger partial charge in [-0.1, -0.05) is 11.3 Å². The average Bonchev–Trinajstić information content (AvgIpc) is 2.69. The molecule has 2 rings (SSSR count). The van der Waals surface area contributed by atoms with Crippen LogP contribution in [0.5, 0.6) is 0 Å². The zero-order valence-corrected chi connectivity index (χ0v) is 10.3. The summed E-state index contributed by atoms with van der Waals surface area (Å²) < 4.78 is 5.27. The number of hydrogen-bond donors (Lipinski definition) is 0. The van der Waals surface area contributed by atoms with E-state index in [4.69, 9.17) is 4.74 Å². The van der Waals surface area contributed by atoms with Gasteiger partial charge in [-0.3, -0.25) is 10.1 Å². The van der Waals surface area contributed by atoms with Gasteiger partial charge in [0.2, 0.25) is 6.20 Å². The van der Waals surface area contributed by atoms with E-state index in [0.29, 0.717) is 13.2 Å². The molecule has 1 fully saturated rings. The summed E-state index contributed by atoms with van der Waals surface area (Å²) in [7, 11) is 0. The first-order valence-corrected chi connectivity index (χ1v) is 6.10. The van der Waals surface area contributed by atoms with E-state index >= 15 is 0 Å². The predicted molar refractivity (Wildman–Crippen MR) is 65.9 cm³/mol. The first-order chi connectivity index (χ1) is 8.16. The molecular weight excluding hydrogens is 242 g/mol. The molecule has 0 aromatic carbocycles. The summed E-state index contributed by atoms with van der Waals surface area (Å²) in [6.45, 7) is 4.92. The van der Waals surface area contributed by atoms with Crippen LogP contribution in [0, 0.1) is 17.0 Å². The minimum atomic E-state index is -0.465. The van der Waals surface area contributed by atoms with Crippen LogP contribution in [0.2, 0.25) is 0 Å². The van der Waals surface area contributed by atoms with Crippen LogP contribution < -0.4 is 4.90 Å². The van der Waals surface area contributed by atoms with Gasteiger partial charge in [-0.2, -0.15) is 0 Å². The molecule has 6 nitrogen and oxygen atoms in total. The van der Waals surface area contributed by atoms with Crippen molar-refractivity contribution in [2.45, 2.75) is 6.92 Å². The van der Waals surface area contributed by atoms with Gasteiger partial charge in [-0.25, -0.2) is 4.98 Å². The monoisotopic (exact) mass is 255 g/mol. The fourth-order valence-corrected chi connectivity index (χ4v) is 2.58. The van der Waals surface area contributed by atoms with E-state index in [1.165, 1.54) is 17.4 Å². The molecule has 0 saturated carbocycles. The highest BCUT2D eigenvalue weighted by Gasteiger charge is 2.16. The zero-order chi connectivity index (χ0) is 12.3. The Kier molecular flexibility index (Phi) is 3.70. The van der Waals surface area contributed by atoms with Crippen molar-refractivity contribution in [3.63, 3.8) is 0 Å². The maximum absolute atomic E-state index is 10.3. The topological polar surface area (TPSA) is 68.5 Å². The number of nitrogens with zero attached hydrogens (tertiary/aromatic N) is 3. The largest absolute Gasteiger partial charge is 0.378 e. The third-order valence-electron chi connectivity index (χ3n) is 2.45. The van der Waals surface area contributed by atoms with Crippen LogP contribution in [0.25, 0.3) is 6.08 Å². The number of morpholine rings is 1. The van der Waals surface area contributed by atoms with Crippen molar-refractivity contribution >= 4 is 22.5 Å². The summed E-state index contributed by atoms with van der Waals surface area (Å²) in [5.41, 5.74) is 0.828. The van der Waals surface area contributed by atoms with Crippen LogP contribution in [0.15, 0.2) is 6.20 Å². The standard InChI is InChI=1S/C10H13N3O3S/c1-8-9(2-3-13(14)15)17-10(11-8)12-4-6-16-7-5-12/h2-3H,4-7H2,1H3. The molecule has 17 heavy (non-hydrogen) atoms. The number of anilines is 1. The van der Waals surface area contributed by atoms with Crippen LogP contribution in [0.4, 0.5) is 5.13 Å². The molecule has 0 aliphatic carbocycles. The van der Waals surface area contributed by atoms with E-state index < -0.39 is 4.92 Å². The number of aromatic nitrogens is 1. The third kappa shape index (κ3) is 3.01. The highest BCUT2D eigenvalue weighted by Crippen LogP contribution is 2.27. The maximum Gasteiger partial charge on any atom is 0.235 e. The average molecular weight is 255 g/mol. The van der Waals surface area contributed by atoms with Crippen LogP contribution in [-0.2, 0) is 4.74 Å². The van der Waals surface area contributed by atoms with Crippen molar-refractivity contribution in [2.75, 3.05) is 31.2 Å². The maximum atomic E-state index is 10.3. The van der Waals surface area contributed by atoms with E-state index in [0.717, 1.165) is 35.0 Å². The lowest BCUT2D eigenvalue weighted by Gasteiger charge is -2.25. The van der Waals surface area contributed by atoms with Crippen molar-refractivity contribution in [3.8, 4) is 0 Å². The molecule has 7 heteroatoms. The molecule has 92 valence electrons. The van der Waals surface area contributed by atoms with Crippen molar-refractivity contribution in [3.05, 3.63) is 26.9 Å². The minimum absolute atomic E-state index is 0.465. The second-order valence-corrected chi connectivity index (χ2v) is 4.66. The van der Waals surface area contributed by atoms with Crippen molar-refractivity contribution in [1.82, 2.24) is 4.98 Å². The Bertz CT molecular complexity index is 438. The summed E-state index contributed by atoms with van der Waals surface area (Å²) in [6, 6.07) is 0. The molecule has 2 heterocycles. The van der Waals surface area contributed by atoms with Gasteiger partial charge in [-0.15, -0.1) is 0 Å².